The van der Waals surface area contributed by atoms with Crippen molar-refractivity contribution in [3.63, 3.8) is 0 Å². The van der Waals surface area contributed by atoms with Crippen LogP contribution >= 0.6 is 35.0 Å². The predicted octanol–water partition coefficient (Wildman–Crippen LogP) is 4.83. The maximum Gasteiger partial charge on any atom is 0.237 e. The van der Waals surface area contributed by atoms with Gasteiger partial charge in [-0.05, 0) is 51.5 Å². The standard InChI is InChI=1S/C16H17Cl2N3OS/c1-8-9(2)19-16(20-10(8)3)23-11(4)15(22)21-14-7-12(17)5-6-13(14)18/h5-7,11H,1-4H3,(H,21,22)/t11-/m1/s1. The molecule has 0 unspecified atom stereocenters. The van der Waals surface area contributed by atoms with Crippen molar-refractivity contribution in [1.82, 2.24) is 9.97 Å². The van der Waals surface area contributed by atoms with Crippen molar-refractivity contribution in [2.75, 3.05) is 5.32 Å². The number of thioether (sulfide) groups is 1. The molecule has 1 heterocycles. The molecule has 1 aromatic carbocycles. The van der Waals surface area contributed by atoms with Crippen LogP contribution < -0.4 is 5.32 Å². The normalized spacial score (nSPS) is 12.1. The first kappa shape index (κ1) is 18.0. The Morgan fingerprint density at radius 1 is 1.17 bits per heavy atom. The molecule has 1 atom stereocenters. The van der Waals surface area contributed by atoms with Gasteiger partial charge in [0.15, 0.2) is 5.16 Å². The highest BCUT2D eigenvalue weighted by atomic mass is 35.5. The minimum atomic E-state index is -0.369. The summed E-state index contributed by atoms with van der Waals surface area (Å²) in [7, 11) is 0. The van der Waals surface area contributed by atoms with Crippen molar-refractivity contribution in [2.24, 2.45) is 0 Å². The van der Waals surface area contributed by atoms with Gasteiger partial charge in [0.05, 0.1) is 16.0 Å². The fourth-order valence-corrected chi connectivity index (χ4v) is 3.03. The number of hydrogen-bond acceptors (Lipinski definition) is 4. The zero-order valence-corrected chi connectivity index (χ0v) is 15.6. The minimum absolute atomic E-state index is 0.182. The van der Waals surface area contributed by atoms with E-state index >= 15 is 0 Å². The Kier molecular flexibility index (Phi) is 5.89. The molecule has 0 spiro atoms. The highest BCUT2D eigenvalue weighted by Gasteiger charge is 2.18. The molecule has 7 heteroatoms. The highest BCUT2D eigenvalue weighted by Crippen LogP contribution is 2.27. The van der Waals surface area contributed by atoms with Gasteiger partial charge in [0.1, 0.15) is 0 Å². The summed E-state index contributed by atoms with van der Waals surface area (Å²) in [5, 5.41) is 3.95. The van der Waals surface area contributed by atoms with Crippen LogP contribution in [0.4, 0.5) is 5.69 Å². The van der Waals surface area contributed by atoms with E-state index in [1.165, 1.54) is 11.8 Å². The molecular formula is C16H17Cl2N3OS. The van der Waals surface area contributed by atoms with Crippen LogP contribution in [0.1, 0.15) is 23.9 Å². The smallest absolute Gasteiger partial charge is 0.237 e. The zero-order chi connectivity index (χ0) is 17.1. The molecule has 0 radical (unpaired) electrons. The number of carbonyl (C=O) groups is 1. The van der Waals surface area contributed by atoms with Gasteiger partial charge in [-0.15, -0.1) is 0 Å². The quantitative estimate of drug-likeness (QED) is 0.619. The van der Waals surface area contributed by atoms with Crippen molar-refractivity contribution < 1.29 is 4.79 Å². The Morgan fingerprint density at radius 2 is 1.78 bits per heavy atom. The van der Waals surface area contributed by atoms with E-state index in [1.807, 2.05) is 20.8 Å². The average molecular weight is 370 g/mol. The number of rotatable bonds is 4. The highest BCUT2D eigenvalue weighted by molar-refractivity contribution is 8.00. The number of hydrogen-bond donors (Lipinski definition) is 1. The SMILES string of the molecule is Cc1nc(S[C@H](C)C(=O)Nc2cc(Cl)ccc2Cl)nc(C)c1C. The van der Waals surface area contributed by atoms with Crippen molar-refractivity contribution >= 4 is 46.6 Å². The number of anilines is 1. The third-order valence-electron chi connectivity index (χ3n) is 3.45. The largest absolute Gasteiger partial charge is 0.324 e. The average Bonchev–Trinajstić information content (AvgIpc) is 2.48. The van der Waals surface area contributed by atoms with Gasteiger partial charge in [-0.2, -0.15) is 0 Å². The molecule has 0 bridgehead atoms. The Morgan fingerprint density at radius 3 is 2.39 bits per heavy atom. The molecule has 0 fully saturated rings. The number of amides is 1. The van der Waals surface area contributed by atoms with Crippen LogP contribution in [0.15, 0.2) is 23.4 Å². The molecule has 0 aliphatic carbocycles. The van der Waals surface area contributed by atoms with Crippen LogP contribution in [0.3, 0.4) is 0 Å². The molecule has 2 rings (SSSR count). The molecule has 0 saturated carbocycles. The summed E-state index contributed by atoms with van der Waals surface area (Å²) in [5.41, 5.74) is 3.40. The molecule has 2 aromatic rings. The van der Waals surface area contributed by atoms with Gasteiger partial charge in [0.2, 0.25) is 5.91 Å². The van der Waals surface area contributed by atoms with Crippen LogP contribution in [-0.4, -0.2) is 21.1 Å². The Balaban J connectivity index is 2.10. The first-order valence-corrected chi connectivity index (χ1v) is 8.66. The lowest BCUT2D eigenvalue weighted by molar-refractivity contribution is -0.115. The number of nitrogens with one attached hydrogen (secondary N) is 1. The van der Waals surface area contributed by atoms with Crippen molar-refractivity contribution in [2.45, 2.75) is 38.1 Å². The molecule has 1 aromatic heterocycles. The van der Waals surface area contributed by atoms with E-state index < -0.39 is 0 Å². The molecule has 23 heavy (non-hydrogen) atoms. The molecule has 0 aliphatic rings. The van der Waals surface area contributed by atoms with E-state index in [2.05, 4.69) is 15.3 Å². The van der Waals surface area contributed by atoms with E-state index in [0.29, 0.717) is 20.9 Å². The first-order valence-electron chi connectivity index (χ1n) is 7.02. The summed E-state index contributed by atoms with van der Waals surface area (Å²) < 4.78 is 0. The molecule has 0 aliphatic heterocycles. The number of aryl methyl sites for hydroxylation is 2. The zero-order valence-electron chi connectivity index (χ0n) is 13.3. The lowest BCUT2D eigenvalue weighted by Gasteiger charge is -2.13. The van der Waals surface area contributed by atoms with Crippen LogP contribution in [0.5, 0.6) is 0 Å². The van der Waals surface area contributed by atoms with E-state index in [4.69, 9.17) is 23.2 Å². The molecule has 1 N–H and O–H groups in total. The van der Waals surface area contributed by atoms with E-state index in [1.54, 1.807) is 25.1 Å². The minimum Gasteiger partial charge on any atom is -0.324 e. The Labute approximate surface area is 150 Å². The maximum atomic E-state index is 12.3. The fourth-order valence-electron chi connectivity index (χ4n) is 1.83. The molecule has 0 saturated heterocycles. The van der Waals surface area contributed by atoms with Gasteiger partial charge in [-0.25, -0.2) is 9.97 Å². The summed E-state index contributed by atoms with van der Waals surface area (Å²) >= 11 is 13.3. The van der Waals surface area contributed by atoms with Gasteiger partial charge in [0.25, 0.3) is 0 Å². The summed E-state index contributed by atoms with van der Waals surface area (Å²) in [6, 6.07) is 4.94. The van der Waals surface area contributed by atoms with Gasteiger partial charge in [-0.1, -0.05) is 35.0 Å². The second kappa shape index (κ2) is 7.51. The van der Waals surface area contributed by atoms with Crippen LogP contribution in [0.25, 0.3) is 0 Å². The molecule has 122 valence electrons. The maximum absolute atomic E-state index is 12.3. The van der Waals surface area contributed by atoms with Crippen molar-refractivity contribution in [3.05, 3.63) is 45.2 Å². The second-order valence-electron chi connectivity index (χ2n) is 5.18. The number of carbonyl (C=O) groups excluding carboxylic acids is 1. The molecule has 1 amide bonds. The topological polar surface area (TPSA) is 54.9 Å². The summed E-state index contributed by atoms with van der Waals surface area (Å²) in [4.78, 5) is 21.2. The van der Waals surface area contributed by atoms with Crippen LogP contribution in [-0.2, 0) is 4.79 Å². The summed E-state index contributed by atoms with van der Waals surface area (Å²) in [6.45, 7) is 7.65. The number of halogens is 2. The Bertz CT molecular complexity index is 729. The van der Waals surface area contributed by atoms with E-state index in [0.717, 1.165) is 17.0 Å². The number of nitrogens with zero attached hydrogens (tertiary/aromatic N) is 2. The van der Waals surface area contributed by atoms with Gasteiger partial charge < -0.3 is 5.32 Å². The Hall–Kier alpha value is -1.30. The first-order chi connectivity index (χ1) is 10.8. The predicted molar refractivity (Wildman–Crippen MR) is 96.7 cm³/mol. The van der Waals surface area contributed by atoms with Gasteiger partial charge >= 0.3 is 0 Å². The number of aromatic nitrogens is 2. The van der Waals surface area contributed by atoms with Crippen LogP contribution in [0, 0.1) is 20.8 Å². The van der Waals surface area contributed by atoms with Crippen molar-refractivity contribution in [3.8, 4) is 0 Å². The van der Waals surface area contributed by atoms with E-state index in [-0.39, 0.29) is 11.2 Å². The number of benzene rings is 1. The van der Waals surface area contributed by atoms with Crippen molar-refractivity contribution in [1.29, 1.82) is 0 Å². The third kappa shape index (κ3) is 4.59. The molecule has 4 nitrogen and oxygen atoms in total. The lowest BCUT2D eigenvalue weighted by Crippen LogP contribution is -2.23. The monoisotopic (exact) mass is 369 g/mol. The summed E-state index contributed by atoms with van der Waals surface area (Å²) in [6.07, 6.45) is 0. The third-order valence-corrected chi connectivity index (χ3v) is 4.98. The second-order valence-corrected chi connectivity index (χ2v) is 7.33. The fraction of sp³-hybridized carbons (Fsp3) is 0.312. The van der Waals surface area contributed by atoms with Gasteiger partial charge in [-0.3, -0.25) is 4.79 Å². The summed E-state index contributed by atoms with van der Waals surface area (Å²) in [5.74, 6) is -0.182. The van der Waals surface area contributed by atoms with Gasteiger partial charge in [0, 0.05) is 16.4 Å². The van der Waals surface area contributed by atoms with Crippen LogP contribution in [0.2, 0.25) is 10.0 Å². The van der Waals surface area contributed by atoms with E-state index in [9.17, 15) is 4.79 Å². The molecular weight excluding hydrogens is 353 g/mol. The lowest BCUT2D eigenvalue weighted by atomic mass is 10.2.